The lowest BCUT2D eigenvalue weighted by Gasteiger charge is -2.26. The summed E-state index contributed by atoms with van der Waals surface area (Å²) in [6.45, 7) is 11.2. The second-order valence-corrected chi connectivity index (χ2v) is 6.02. The van der Waals surface area contributed by atoms with Gasteiger partial charge in [-0.3, -0.25) is 0 Å². The van der Waals surface area contributed by atoms with Gasteiger partial charge in [0.25, 0.3) is 0 Å². The fourth-order valence-corrected chi connectivity index (χ4v) is 1.74. The fourth-order valence-electron chi connectivity index (χ4n) is 1.09. The number of likely N-dealkylation sites (N-methyl/N-ethyl adjacent to an activating group) is 1. The Labute approximate surface area is 106 Å². The second-order valence-electron chi connectivity index (χ2n) is 4.49. The van der Waals surface area contributed by atoms with Crippen LogP contribution in [0.3, 0.4) is 0 Å². The lowest BCUT2D eigenvalue weighted by molar-refractivity contribution is -0.878. The zero-order valence-electron chi connectivity index (χ0n) is 11.2. The van der Waals surface area contributed by atoms with E-state index in [-0.39, 0.29) is 5.75 Å². The van der Waals surface area contributed by atoms with E-state index in [9.17, 15) is 13.0 Å². The molecule has 0 aliphatic rings. The molecule has 0 fully saturated rings. The van der Waals surface area contributed by atoms with Crippen LogP contribution in [0.15, 0.2) is 25.3 Å². The normalized spacial score (nSPS) is 11.3. The van der Waals surface area contributed by atoms with E-state index < -0.39 is 10.1 Å². The summed E-state index contributed by atoms with van der Waals surface area (Å²) in [6, 6.07) is 0. The summed E-state index contributed by atoms with van der Waals surface area (Å²) in [4.78, 5) is 0. The lowest BCUT2D eigenvalue weighted by atomic mass is 10.4. The Bertz CT molecular complexity index is 296. The minimum atomic E-state index is -3.94. The molecule has 0 bridgehead atoms. The molecule has 0 radical (unpaired) electrons. The van der Waals surface area contributed by atoms with E-state index in [0.29, 0.717) is 6.42 Å². The van der Waals surface area contributed by atoms with Gasteiger partial charge in [-0.05, 0) is 18.6 Å². The van der Waals surface area contributed by atoms with Crippen LogP contribution in [0.5, 0.6) is 0 Å². The van der Waals surface area contributed by atoms with Crippen LogP contribution in [0.4, 0.5) is 0 Å². The quantitative estimate of drug-likeness (QED) is 0.399. The van der Waals surface area contributed by atoms with Gasteiger partial charge in [0, 0.05) is 5.75 Å². The average molecular weight is 263 g/mol. The number of rotatable bonds is 7. The van der Waals surface area contributed by atoms with Gasteiger partial charge in [-0.2, -0.15) is 0 Å². The van der Waals surface area contributed by atoms with Crippen molar-refractivity contribution in [2.24, 2.45) is 0 Å². The smallest absolute Gasteiger partial charge is 0.0969 e. The Morgan fingerprint density at radius 2 is 1.59 bits per heavy atom. The van der Waals surface area contributed by atoms with Crippen molar-refractivity contribution in [3.05, 3.63) is 25.3 Å². The standard InChI is InChI=1S/C8H16N.C4H10O3S/c1-5-7-9(3,4)8-6-2;1-2-3-4-8(5,6)7/h5-6H,1-2,7-8H2,3-4H3;2-4H2,1H3,(H,5,6,7)/q+1;/p-1. The predicted molar refractivity (Wildman–Crippen MR) is 71.7 cm³/mol. The third-order valence-electron chi connectivity index (χ3n) is 1.99. The first kappa shape index (κ1) is 18.7. The number of quaternary nitrogens is 1. The van der Waals surface area contributed by atoms with Crippen LogP contribution in [0.2, 0.25) is 0 Å². The first-order chi connectivity index (χ1) is 7.68. The summed E-state index contributed by atoms with van der Waals surface area (Å²) < 4.78 is 30.5. The predicted octanol–water partition coefficient (Wildman–Crippen LogP) is 1.77. The van der Waals surface area contributed by atoms with Gasteiger partial charge in [0.2, 0.25) is 0 Å². The lowest BCUT2D eigenvalue weighted by Crippen LogP contribution is -2.39. The zero-order valence-corrected chi connectivity index (χ0v) is 12.0. The van der Waals surface area contributed by atoms with Gasteiger partial charge in [0.1, 0.15) is 0 Å². The van der Waals surface area contributed by atoms with Crippen LogP contribution in [0, 0.1) is 0 Å². The van der Waals surface area contributed by atoms with Gasteiger partial charge in [-0.25, -0.2) is 8.42 Å². The minimum Gasteiger partial charge on any atom is -0.748 e. The first-order valence-corrected chi connectivity index (χ1v) is 7.23. The molecule has 0 aliphatic carbocycles. The highest BCUT2D eigenvalue weighted by molar-refractivity contribution is 7.85. The maximum absolute atomic E-state index is 9.83. The van der Waals surface area contributed by atoms with Gasteiger partial charge in [-0.15, -0.1) is 0 Å². The molecule has 0 aliphatic heterocycles. The highest BCUT2D eigenvalue weighted by Crippen LogP contribution is 1.95. The van der Waals surface area contributed by atoms with Gasteiger partial charge in [0.05, 0.1) is 37.3 Å². The van der Waals surface area contributed by atoms with E-state index >= 15 is 0 Å². The molecule has 0 rings (SSSR count). The van der Waals surface area contributed by atoms with E-state index in [1.54, 1.807) is 0 Å². The molecule has 0 atom stereocenters. The van der Waals surface area contributed by atoms with E-state index in [4.69, 9.17) is 0 Å². The molecule has 17 heavy (non-hydrogen) atoms. The second kappa shape index (κ2) is 9.39. The highest BCUT2D eigenvalue weighted by atomic mass is 32.2. The molecular formula is C12H25NO3S. The summed E-state index contributed by atoms with van der Waals surface area (Å²) in [5.74, 6) is -0.219. The Morgan fingerprint density at radius 3 is 1.76 bits per heavy atom. The van der Waals surface area contributed by atoms with Crippen molar-refractivity contribution in [2.45, 2.75) is 19.8 Å². The molecule has 0 N–H and O–H groups in total. The number of hydrogen-bond acceptors (Lipinski definition) is 3. The Balaban J connectivity index is 0. The van der Waals surface area contributed by atoms with Gasteiger partial charge >= 0.3 is 0 Å². The van der Waals surface area contributed by atoms with Crippen molar-refractivity contribution in [2.75, 3.05) is 32.9 Å². The Morgan fingerprint density at radius 1 is 1.18 bits per heavy atom. The summed E-state index contributed by atoms with van der Waals surface area (Å²) in [6.07, 6.45) is 5.10. The van der Waals surface area contributed by atoms with Crippen molar-refractivity contribution in [3.63, 3.8) is 0 Å². The molecular weight excluding hydrogens is 238 g/mol. The maximum atomic E-state index is 9.83. The van der Waals surface area contributed by atoms with E-state index in [2.05, 4.69) is 27.3 Å². The van der Waals surface area contributed by atoms with E-state index in [1.165, 1.54) is 0 Å². The molecule has 0 aromatic carbocycles. The SMILES string of the molecule is C=CC[N+](C)(C)CC=C.CCCCS(=O)(=O)[O-]. The van der Waals surface area contributed by atoms with Crippen LogP contribution in [0.1, 0.15) is 19.8 Å². The van der Waals surface area contributed by atoms with Crippen molar-refractivity contribution < 1.29 is 17.5 Å². The number of hydrogen-bond donors (Lipinski definition) is 0. The van der Waals surface area contributed by atoms with E-state index in [0.717, 1.165) is 24.0 Å². The topological polar surface area (TPSA) is 57.2 Å². The molecule has 4 nitrogen and oxygen atoms in total. The summed E-state index contributed by atoms with van der Waals surface area (Å²) in [5, 5.41) is 0. The van der Waals surface area contributed by atoms with E-state index in [1.807, 2.05) is 19.1 Å². The molecule has 0 heterocycles. The first-order valence-electron chi connectivity index (χ1n) is 5.66. The average Bonchev–Trinajstić information content (AvgIpc) is 2.14. The van der Waals surface area contributed by atoms with Crippen molar-refractivity contribution in [1.29, 1.82) is 0 Å². The van der Waals surface area contributed by atoms with Crippen molar-refractivity contribution in [3.8, 4) is 0 Å². The Hall–Kier alpha value is -0.650. The summed E-state index contributed by atoms with van der Waals surface area (Å²) in [7, 11) is 0.376. The highest BCUT2D eigenvalue weighted by Gasteiger charge is 2.07. The molecule has 0 aromatic rings. The van der Waals surface area contributed by atoms with Crippen LogP contribution < -0.4 is 0 Å². The van der Waals surface area contributed by atoms with Gasteiger partial charge in [0.15, 0.2) is 0 Å². The zero-order chi connectivity index (χ0) is 13.9. The summed E-state index contributed by atoms with van der Waals surface area (Å²) >= 11 is 0. The third kappa shape index (κ3) is 17.9. The molecule has 0 spiro atoms. The number of unbranched alkanes of at least 4 members (excludes halogenated alkanes) is 1. The third-order valence-corrected chi connectivity index (χ3v) is 2.78. The van der Waals surface area contributed by atoms with Crippen LogP contribution in [-0.2, 0) is 10.1 Å². The molecule has 0 amide bonds. The van der Waals surface area contributed by atoms with Gasteiger partial charge < -0.3 is 9.04 Å². The largest absolute Gasteiger partial charge is 0.748 e. The minimum absolute atomic E-state index is 0.219. The van der Waals surface area contributed by atoms with Crippen molar-refractivity contribution in [1.82, 2.24) is 0 Å². The molecule has 0 aromatic heterocycles. The van der Waals surface area contributed by atoms with Gasteiger partial charge in [-0.1, -0.05) is 26.5 Å². The molecule has 102 valence electrons. The molecule has 5 heteroatoms. The maximum Gasteiger partial charge on any atom is 0.0969 e. The molecule has 0 saturated carbocycles. The molecule has 0 saturated heterocycles. The van der Waals surface area contributed by atoms with Crippen LogP contribution in [-0.4, -0.2) is 50.4 Å². The Kier molecular flexibility index (Phi) is 10.3. The van der Waals surface area contributed by atoms with Crippen LogP contribution >= 0.6 is 0 Å². The number of nitrogens with zero attached hydrogens (tertiary/aromatic N) is 1. The van der Waals surface area contributed by atoms with Crippen LogP contribution in [0.25, 0.3) is 0 Å². The van der Waals surface area contributed by atoms with Crippen molar-refractivity contribution >= 4 is 10.1 Å². The molecule has 0 unspecified atom stereocenters. The summed E-state index contributed by atoms with van der Waals surface area (Å²) in [5.41, 5.74) is 0. The fraction of sp³-hybridized carbons (Fsp3) is 0.667. The monoisotopic (exact) mass is 263 g/mol.